The van der Waals surface area contributed by atoms with E-state index in [1.807, 2.05) is 19.2 Å². The summed E-state index contributed by atoms with van der Waals surface area (Å²) in [5.41, 5.74) is 1.10. The molecule has 1 fully saturated rings. The van der Waals surface area contributed by atoms with E-state index >= 15 is 0 Å². The monoisotopic (exact) mass is 789 g/mol. The second kappa shape index (κ2) is 15.5. The van der Waals surface area contributed by atoms with Crippen molar-refractivity contribution in [1.82, 2.24) is 25.3 Å². The van der Waals surface area contributed by atoms with Gasteiger partial charge < -0.3 is 20.4 Å². The molecule has 290 valence electrons. The first-order chi connectivity index (χ1) is 27.0. The Morgan fingerprint density at radius 1 is 0.684 bits per heavy atom. The van der Waals surface area contributed by atoms with Crippen LogP contribution < -0.4 is 15.5 Å². The number of rotatable bonds is 10. The van der Waals surface area contributed by atoms with Crippen molar-refractivity contribution in [3.05, 3.63) is 128 Å². The van der Waals surface area contributed by atoms with Gasteiger partial charge in [0.25, 0.3) is 41.1 Å². The number of nitro benzene ring substituents is 1. The van der Waals surface area contributed by atoms with Gasteiger partial charge in [-0.3, -0.25) is 43.8 Å². The molecule has 3 aliphatic heterocycles. The van der Waals surface area contributed by atoms with E-state index < -0.39 is 34.5 Å². The molecule has 0 radical (unpaired) electrons. The zero-order valence-corrected chi connectivity index (χ0v) is 31.5. The second-order valence-corrected chi connectivity index (χ2v) is 13.9. The number of likely N-dealkylation sites (N-methyl/N-ethyl adjacent to an activating group) is 1. The zero-order valence-electron chi connectivity index (χ0n) is 30.7. The average Bonchev–Trinajstić information content (AvgIpc) is 3.20. The van der Waals surface area contributed by atoms with Gasteiger partial charge >= 0.3 is 0 Å². The van der Waals surface area contributed by atoms with E-state index in [2.05, 4.69) is 15.5 Å². The topological polar surface area (TPSA) is 183 Å². The molecule has 0 unspecified atom stereocenters. The molecule has 15 nitrogen and oxygen atoms in total. The van der Waals surface area contributed by atoms with Crippen LogP contribution in [0.5, 0.6) is 0 Å². The summed E-state index contributed by atoms with van der Waals surface area (Å²) in [7, 11) is 1.97. The summed E-state index contributed by atoms with van der Waals surface area (Å²) in [4.78, 5) is 98.7. The zero-order chi connectivity index (χ0) is 39.2. The summed E-state index contributed by atoms with van der Waals surface area (Å²) >= 11 is 0. The molecule has 5 aromatic rings. The largest absolute Gasteiger partial charge is 0.351 e. The molecule has 3 heterocycles. The summed E-state index contributed by atoms with van der Waals surface area (Å²) in [6.07, 6.45) is 0. The minimum atomic E-state index is -0.634. The summed E-state index contributed by atoms with van der Waals surface area (Å²) < 4.78 is 0. The predicted octanol–water partition coefficient (Wildman–Crippen LogP) is 4.13. The van der Waals surface area contributed by atoms with Gasteiger partial charge in [0.1, 0.15) is 0 Å². The Kier molecular flexibility index (Phi) is 10.5. The first-order valence-electron chi connectivity index (χ1n) is 18.1. The third kappa shape index (κ3) is 6.96. The molecular formula is C41H36ClN7O8. The lowest BCUT2D eigenvalue weighted by molar-refractivity contribution is -0.384. The van der Waals surface area contributed by atoms with Crippen molar-refractivity contribution in [2.75, 3.05) is 64.3 Å². The van der Waals surface area contributed by atoms with Crippen molar-refractivity contribution in [3.63, 3.8) is 0 Å². The number of nitro groups is 1. The highest BCUT2D eigenvalue weighted by molar-refractivity contribution is 6.36. The highest BCUT2D eigenvalue weighted by Crippen LogP contribution is 2.35. The molecule has 5 aromatic carbocycles. The summed E-state index contributed by atoms with van der Waals surface area (Å²) in [5.74, 6) is -3.15. The van der Waals surface area contributed by atoms with Crippen molar-refractivity contribution in [1.29, 1.82) is 0 Å². The molecule has 0 atom stereocenters. The molecular weight excluding hydrogens is 754 g/mol. The van der Waals surface area contributed by atoms with E-state index in [4.69, 9.17) is 0 Å². The molecule has 0 saturated carbocycles. The molecule has 0 spiro atoms. The average molecular weight is 790 g/mol. The normalized spacial score (nSPS) is 15.3. The van der Waals surface area contributed by atoms with Gasteiger partial charge in [0.2, 0.25) is 0 Å². The van der Waals surface area contributed by atoms with Crippen molar-refractivity contribution in [2.24, 2.45) is 0 Å². The number of hydrogen-bond acceptors (Lipinski definition) is 10. The SMILES string of the molecule is CN1CCN(C(=O)c2cc(C(=O)NCCNCCN3C(=O)c4cccc5cc([N+](=O)[O-])cc(c45)C3=O)cc(N3C(=O)c4cccc5cccc(c45)C3=O)c2)CC1.Cl. The third-order valence-corrected chi connectivity index (χ3v) is 10.5. The van der Waals surface area contributed by atoms with Gasteiger partial charge in [0, 0.05) is 103 Å². The molecule has 2 N–H and O–H groups in total. The van der Waals surface area contributed by atoms with Gasteiger partial charge in [-0.2, -0.15) is 0 Å². The van der Waals surface area contributed by atoms with Crippen LogP contribution >= 0.6 is 12.4 Å². The van der Waals surface area contributed by atoms with E-state index in [1.165, 1.54) is 30.3 Å². The number of hydrogen-bond donors (Lipinski definition) is 2. The fourth-order valence-electron chi connectivity index (χ4n) is 7.58. The van der Waals surface area contributed by atoms with Gasteiger partial charge in [0.05, 0.1) is 16.2 Å². The van der Waals surface area contributed by atoms with Crippen molar-refractivity contribution >= 4 is 80.8 Å². The van der Waals surface area contributed by atoms with Crippen LogP contribution in [0.1, 0.15) is 62.1 Å². The third-order valence-electron chi connectivity index (χ3n) is 10.5. The van der Waals surface area contributed by atoms with Crippen LogP contribution in [0.4, 0.5) is 11.4 Å². The van der Waals surface area contributed by atoms with Crippen molar-refractivity contribution < 1.29 is 33.7 Å². The van der Waals surface area contributed by atoms with E-state index in [-0.39, 0.29) is 78.1 Å². The number of piperazine rings is 1. The van der Waals surface area contributed by atoms with Gasteiger partial charge in [-0.05, 0) is 54.2 Å². The number of carbonyl (C=O) groups excluding carboxylic acids is 6. The molecule has 16 heteroatoms. The van der Waals surface area contributed by atoms with Crippen LogP contribution in [0.15, 0.2) is 84.9 Å². The maximum Gasteiger partial charge on any atom is 0.270 e. The van der Waals surface area contributed by atoms with Crippen molar-refractivity contribution in [3.8, 4) is 0 Å². The highest BCUT2D eigenvalue weighted by atomic mass is 35.5. The van der Waals surface area contributed by atoms with E-state index in [0.717, 1.165) is 15.2 Å². The van der Waals surface area contributed by atoms with Crippen LogP contribution in [0.3, 0.4) is 0 Å². The van der Waals surface area contributed by atoms with Crippen LogP contribution in [-0.4, -0.2) is 114 Å². The minimum Gasteiger partial charge on any atom is -0.351 e. The lowest BCUT2D eigenvalue weighted by Crippen LogP contribution is -2.47. The first kappa shape index (κ1) is 38.7. The number of amides is 6. The number of imide groups is 2. The lowest BCUT2D eigenvalue weighted by atomic mass is 9.93. The molecule has 57 heavy (non-hydrogen) atoms. The fourth-order valence-corrected chi connectivity index (χ4v) is 7.58. The van der Waals surface area contributed by atoms with E-state index in [9.17, 15) is 38.9 Å². The Bertz CT molecular complexity index is 2500. The molecule has 3 aliphatic rings. The standard InChI is InChI=1S/C41H35N7O8.ClH/c1-44-15-17-45(18-16-44)37(50)27-19-26(21-28(22-27)47-40(53)31-9-2-5-24-6-3-10-32(34(24)31)41(47)54)36(49)43-12-11-42-13-14-46-38(51)30-8-4-7-25-20-29(48(55)56)23-33(35(25)30)39(46)52;/h2-10,19-23,42H,11-18H2,1H3,(H,43,49);1H. The van der Waals surface area contributed by atoms with Crippen LogP contribution in [-0.2, 0) is 0 Å². The van der Waals surface area contributed by atoms with Crippen molar-refractivity contribution in [2.45, 2.75) is 0 Å². The Labute approximate surface area is 331 Å². The molecule has 1 saturated heterocycles. The van der Waals surface area contributed by atoms with Gasteiger partial charge in [-0.1, -0.05) is 36.4 Å². The minimum absolute atomic E-state index is 0. The smallest absolute Gasteiger partial charge is 0.270 e. The van der Waals surface area contributed by atoms with E-state index in [0.29, 0.717) is 53.5 Å². The molecule has 0 bridgehead atoms. The number of nitrogens with one attached hydrogen (secondary N) is 2. The predicted molar refractivity (Wildman–Crippen MR) is 213 cm³/mol. The summed E-state index contributed by atoms with van der Waals surface area (Å²) in [6.45, 7) is 2.76. The number of anilines is 1. The maximum absolute atomic E-state index is 13.9. The molecule has 0 aromatic heterocycles. The Morgan fingerprint density at radius 3 is 1.91 bits per heavy atom. The quantitative estimate of drug-likeness (QED) is 0.0904. The molecule has 6 amide bonds. The summed E-state index contributed by atoms with van der Waals surface area (Å²) in [5, 5.41) is 19.5. The van der Waals surface area contributed by atoms with Gasteiger partial charge in [-0.25, -0.2) is 4.90 Å². The number of benzene rings is 5. The second-order valence-electron chi connectivity index (χ2n) is 13.9. The maximum atomic E-state index is 13.9. The molecule has 0 aliphatic carbocycles. The lowest BCUT2D eigenvalue weighted by Gasteiger charge is -2.33. The van der Waals surface area contributed by atoms with Gasteiger partial charge in [0.15, 0.2) is 0 Å². The highest BCUT2D eigenvalue weighted by Gasteiger charge is 2.36. The number of halogens is 1. The van der Waals surface area contributed by atoms with Crippen LogP contribution in [0, 0.1) is 10.1 Å². The van der Waals surface area contributed by atoms with Crippen LogP contribution in [0.2, 0.25) is 0 Å². The van der Waals surface area contributed by atoms with Gasteiger partial charge in [-0.15, -0.1) is 12.4 Å². The van der Waals surface area contributed by atoms with Crippen LogP contribution in [0.25, 0.3) is 21.5 Å². The summed E-state index contributed by atoms with van der Waals surface area (Å²) in [6, 6.07) is 22.1. The Morgan fingerprint density at radius 2 is 1.26 bits per heavy atom. The number of carbonyl (C=O) groups is 6. The Hall–Kier alpha value is -6.55. The van der Waals surface area contributed by atoms with E-state index in [1.54, 1.807) is 47.4 Å². The Balaban J connectivity index is 0.00000496. The molecule has 8 rings (SSSR count). The number of non-ortho nitro benzene ring substituents is 1. The fraction of sp³-hybridized carbons (Fsp3) is 0.220. The first-order valence-corrected chi connectivity index (χ1v) is 18.1. The number of nitrogens with zero attached hydrogens (tertiary/aromatic N) is 5.